The number of thiol groups is 1. The number of thioether (sulfide) groups is 1. The first-order valence-electron chi connectivity index (χ1n) is 7.81. The van der Waals surface area contributed by atoms with E-state index in [9.17, 15) is 14.7 Å². The lowest BCUT2D eigenvalue weighted by atomic mass is 10.1. The fraction of sp³-hybridized carbons (Fsp3) is 0.529. The monoisotopic (exact) mass is 354 g/mol. The first-order chi connectivity index (χ1) is 10.8. The highest BCUT2D eigenvalue weighted by Gasteiger charge is 2.57. The summed E-state index contributed by atoms with van der Waals surface area (Å²) in [5.41, 5.74) is 1.20. The molecule has 1 N–H and O–H groups in total. The second-order valence-electron chi connectivity index (χ2n) is 6.39. The molecule has 126 valence electrons. The molecule has 4 atom stereocenters. The normalized spacial score (nSPS) is 28.5. The van der Waals surface area contributed by atoms with Crippen molar-refractivity contribution in [1.82, 2.24) is 0 Å². The van der Waals surface area contributed by atoms with Crippen molar-refractivity contribution in [2.24, 2.45) is 5.92 Å². The van der Waals surface area contributed by atoms with Gasteiger partial charge in [0.05, 0.1) is 11.2 Å². The summed E-state index contributed by atoms with van der Waals surface area (Å²) in [6.45, 7) is 6.00. The molecular weight excluding hydrogens is 330 g/mol. The van der Waals surface area contributed by atoms with Gasteiger partial charge < -0.3 is 5.11 Å². The van der Waals surface area contributed by atoms with Gasteiger partial charge in [-0.1, -0.05) is 17.7 Å². The van der Waals surface area contributed by atoms with Crippen LogP contribution in [0, 0.1) is 12.8 Å². The first-order valence-corrected chi connectivity index (χ1v) is 9.32. The maximum absolute atomic E-state index is 12.7. The van der Waals surface area contributed by atoms with E-state index in [0.717, 1.165) is 11.3 Å². The van der Waals surface area contributed by atoms with E-state index >= 15 is 0 Å². The highest BCUT2D eigenvalue weighted by atomic mass is 32.2. The van der Waals surface area contributed by atoms with Crippen LogP contribution in [0.3, 0.4) is 0 Å². The Morgan fingerprint density at radius 3 is 2.52 bits per heavy atom. The molecule has 1 fully saturated rings. The molecule has 2 amide bonds. The predicted molar refractivity (Wildman–Crippen MR) is 96.1 cm³/mol. The van der Waals surface area contributed by atoms with E-state index in [2.05, 4.69) is 24.8 Å². The Balaban J connectivity index is 2.21. The lowest BCUT2D eigenvalue weighted by molar-refractivity contribution is -0.793. The number of benzene rings is 1. The van der Waals surface area contributed by atoms with Gasteiger partial charge in [-0.2, -0.15) is 21.9 Å². The summed E-state index contributed by atoms with van der Waals surface area (Å²) >= 11 is 5.84. The third-order valence-corrected chi connectivity index (χ3v) is 6.37. The zero-order valence-corrected chi connectivity index (χ0v) is 15.4. The van der Waals surface area contributed by atoms with Crippen LogP contribution in [-0.4, -0.2) is 45.2 Å². The molecule has 0 bridgehead atoms. The Bertz CT molecular complexity index is 590. The van der Waals surface area contributed by atoms with Crippen LogP contribution in [0.25, 0.3) is 0 Å². The average Bonchev–Trinajstić information content (AvgIpc) is 2.85. The van der Waals surface area contributed by atoms with Crippen molar-refractivity contribution in [2.45, 2.75) is 43.4 Å². The van der Waals surface area contributed by atoms with Crippen molar-refractivity contribution in [3.05, 3.63) is 29.8 Å². The standard InChI is InChI=1S/C17H23NO3S2/c1-11-4-6-14(7-5-11)23-15-8-13(3)18(9-15,17(20)21)16(19)12(2)10-22/h4-7,12-13,15H,8-10H2,1-3H3,(H-,20,21,22)/p+1/t12?,13-,15-,18-/m1/s1. The zero-order valence-electron chi connectivity index (χ0n) is 13.7. The first kappa shape index (κ1) is 18.4. The van der Waals surface area contributed by atoms with E-state index in [1.54, 1.807) is 18.7 Å². The molecule has 1 aliphatic rings. The topological polar surface area (TPSA) is 54.4 Å². The number of carboxylic acid groups (broad SMARTS) is 1. The minimum absolute atomic E-state index is 0.125. The van der Waals surface area contributed by atoms with Gasteiger partial charge in [0, 0.05) is 17.1 Å². The number of hydrogen-bond donors (Lipinski definition) is 2. The van der Waals surface area contributed by atoms with Gasteiger partial charge in [-0.15, -0.1) is 11.8 Å². The van der Waals surface area contributed by atoms with Crippen LogP contribution in [0.5, 0.6) is 0 Å². The van der Waals surface area contributed by atoms with Crippen LogP contribution >= 0.6 is 24.4 Å². The van der Waals surface area contributed by atoms with Gasteiger partial charge in [0.25, 0.3) is 0 Å². The third-order valence-electron chi connectivity index (χ3n) is 4.60. The fourth-order valence-corrected chi connectivity index (χ4v) is 4.69. The lowest BCUT2D eigenvalue weighted by Crippen LogP contribution is -2.60. The number of imide groups is 1. The van der Waals surface area contributed by atoms with Gasteiger partial charge in [-0.25, -0.2) is 4.79 Å². The summed E-state index contributed by atoms with van der Waals surface area (Å²) in [6.07, 6.45) is -0.321. The van der Waals surface area contributed by atoms with Crippen molar-refractivity contribution in [1.29, 1.82) is 0 Å². The molecule has 23 heavy (non-hydrogen) atoms. The van der Waals surface area contributed by atoms with Crippen molar-refractivity contribution >= 4 is 36.4 Å². The summed E-state index contributed by atoms with van der Waals surface area (Å²) in [4.78, 5) is 25.8. The molecule has 0 aromatic heterocycles. The highest BCUT2D eigenvalue weighted by Crippen LogP contribution is 2.39. The van der Waals surface area contributed by atoms with E-state index in [0.29, 0.717) is 12.3 Å². The Hall–Kier alpha value is -0.980. The third kappa shape index (κ3) is 3.59. The SMILES string of the molecule is Cc1ccc(S[C@@H]2C[C@@H](C)[N@@+](C(=O)O)(C(=O)C(C)CS)C2)cc1. The largest absolute Gasteiger partial charge is 0.521 e. The highest BCUT2D eigenvalue weighted by molar-refractivity contribution is 8.00. The maximum atomic E-state index is 12.7. The van der Waals surface area contributed by atoms with Crippen LogP contribution in [0.1, 0.15) is 25.8 Å². The maximum Gasteiger partial charge on any atom is 0.521 e. The number of amides is 2. The van der Waals surface area contributed by atoms with E-state index < -0.39 is 10.6 Å². The molecule has 1 unspecified atom stereocenters. The minimum Gasteiger partial charge on any atom is -0.435 e. The van der Waals surface area contributed by atoms with Gasteiger partial charge in [-0.05, 0) is 32.9 Å². The summed E-state index contributed by atoms with van der Waals surface area (Å²) in [6, 6.07) is 7.99. The number of rotatable bonds is 4. The molecule has 1 heterocycles. The molecule has 6 heteroatoms. The minimum atomic E-state index is -1.04. The molecule has 2 rings (SSSR count). The Kier molecular flexibility index (Phi) is 5.81. The molecule has 1 aliphatic heterocycles. The Morgan fingerprint density at radius 1 is 1.39 bits per heavy atom. The van der Waals surface area contributed by atoms with E-state index in [1.165, 1.54) is 5.56 Å². The molecule has 4 nitrogen and oxygen atoms in total. The molecule has 0 radical (unpaired) electrons. The van der Waals surface area contributed by atoms with Crippen molar-refractivity contribution in [2.75, 3.05) is 12.3 Å². The summed E-state index contributed by atoms with van der Waals surface area (Å²) < 4.78 is -0.467. The molecule has 1 aromatic carbocycles. The van der Waals surface area contributed by atoms with Gasteiger partial charge in [-0.3, -0.25) is 0 Å². The molecular formula is C17H24NO3S2+. The zero-order chi connectivity index (χ0) is 17.2. The smallest absolute Gasteiger partial charge is 0.435 e. The van der Waals surface area contributed by atoms with Crippen molar-refractivity contribution in [3.8, 4) is 0 Å². The molecule has 0 spiro atoms. The van der Waals surface area contributed by atoms with Gasteiger partial charge in [0.2, 0.25) is 0 Å². The number of aryl methyl sites for hydroxylation is 1. The second-order valence-corrected chi connectivity index (χ2v) is 8.13. The number of quaternary nitrogens is 1. The second kappa shape index (κ2) is 7.28. The summed E-state index contributed by atoms with van der Waals surface area (Å²) in [7, 11) is 0. The molecule has 0 aliphatic carbocycles. The van der Waals surface area contributed by atoms with E-state index in [1.807, 2.05) is 26.0 Å². The number of hydrogen-bond acceptors (Lipinski definition) is 4. The summed E-state index contributed by atoms with van der Waals surface area (Å²) in [5.74, 6) is -0.221. The summed E-state index contributed by atoms with van der Waals surface area (Å²) in [5, 5.41) is 9.91. The molecule has 1 saturated heterocycles. The Labute approximate surface area is 147 Å². The predicted octanol–water partition coefficient (Wildman–Crippen LogP) is 3.84. The Morgan fingerprint density at radius 2 is 2.00 bits per heavy atom. The van der Waals surface area contributed by atoms with Crippen LogP contribution in [-0.2, 0) is 4.79 Å². The number of nitrogens with zero attached hydrogens (tertiary/aromatic N) is 1. The number of carbonyl (C=O) groups excluding carboxylic acids is 1. The van der Waals surface area contributed by atoms with Gasteiger partial charge >= 0.3 is 12.0 Å². The molecule has 1 aromatic rings. The number of carbonyl (C=O) groups is 2. The van der Waals surface area contributed by atoms with E-state index in [-0.39, 0.29) is 23.1 Å². The fourth-order valence-electron chi connectivity index (χ4n) is 3.17. The molecule has 0 saturated carbocycles. The van der Waals surface area contributed by atoms with E-state index in [4.69, 9.17) is 0 Å². The van der Waals surface area contributed by atoms with Crippen LogP contribution < -0.4 is 0 Å². The van der Waals surface area contributed by atoms with Gasteiger partial charge in [0.15, 0.2) is 0 Å². The number of likely N-dealkylation sites (tertiary alicyclic amines) is 1. The quantitative estimate of drug-likeness (QED) is 0.637. The lowest BCUT2D eigenvalue weighted by Gasteiger charge is -2.31. The van der Waals surface area contributed by atoms with Crippen LogP contribution in [0.15, 0.2) is 29.2 Å². The van der Waals surface area contributed by atoms with Gasteiger partial charge in [0.1, 0.15) is 12.6 Å². The van der Waals surface area contributed by atoms with Crippen LogP contribution in [0.2, 0.25) is 0 Å². The van der Waals surface area contributed by atoms with Crippen molar-refractivity contribution in [3.63, 3.8) is 0 Å². The van der Waals surface area contributed by atoms with Crippen LogP contribution in [0.4, 0.5) is 4.79 Å². The average molecular weight is 355 g/mol. The van der Waals surface area contributed by atoms with Crippen molar-refractivity contribution < 1.29 is 19.2 Å².